The molecule has 1 amide bonds. The van der Waals surface area contributed by atoms with Gasteiger partial charge in [0.05, 0.1) is 11.3 Å². The van der Waals surface area contributed by atoms with E-state index in [1.807, 2.05) is 0 Å². The summed E-state index contributed by atoms with van der Waals surface area (Å²) in [6.45, 7) is 0.507. The van der Waals surface area contributed by atoms with Crippen molar-refractivity contribution in [3.8, 4) is 5.69 Å². The monoisotopic (exact) mass is 327 g/mol. The summed E-state index contributed by atoms with van der Waals surface area (Å²) in [5, 5.41) is 13.7. The second-order valence-corrected chi connectivity index (χ2v) is 4.76. The van der Waals surface area contributed by atoms with Gasteiger partial charge in [-0.05, 0) is 28.6 Å². The van der Waals surface area contributed by atoms with Gasteiger partial charge in [0.1, 0.15) is 6.33 Å². The van der Waals surface area contributed by atoms with Crippen LogP contribution in [0.25, 0.3) is 5.69 Å². The van der Waals surface area contributed by atoms with E-state index in [9.17, 15) is 4.79 Å². The number of carbonyl (C=O) groups excluding carboxylic acids is 1. The Morgan fingerprint density at radius 1 is 1.50 bits per heavy atom. The average Bonchev–Trinajstić information content (AvgIpc) is 2.89. The summed E-state index contributed by atoms with van der Waals surface area (Å²) in [5.41, 5.74) is 1.12. The van der Waals surface area contributed by atoms with E-state index < -0.39 is 0 Å². The normalized spacial score (nSPS) is 10.3. The van der Waals surface area contributed by atoms with E-state index in [2.05, 4.69) is 49.4 Å². The van der Waals surface area contributed by atoms with Crippen LogP contribution >= 0.6 is 28.6 Å². The predicted octanol–water partition coefficient (Wildman–Crippen LogP) is 1.08. The molecule has 1 aromatic carbocycles. The van der Waals surface area contributed by atoms with Gasteiger partial charge in [0.25, 0.3) is 5.91 Å². The molecule has 0 atom stereocenters. The number of thiol groups is 1. The summed E-state index contributed by atoms with van der Waals surface area (Å²) < 4.78 is 2.29. The van der Waals surface area contributed by atoms with Crippen LogP contribution in [0, 0.1) is 0 Å². The Bertz CT molecular complexity index is 545. The van der Waals surface area contributed by atoms with E-state index in [1.165, 1.54) is 11.0 Å². The zero-order valence-electron chi connectivity index (χ0n) is 9.25. The molecular weight excluding hydrogens is 318 g/mol. The first-order valence-corrected chi connectivity index (χ1v) is 6.57. The zero-order chi connectivity index (χ0) is 13.0. The molecule has 1 N–H and O–H groups in total. The molecule has 0 saturated carbocycles. The van der Waals surface area contributed by atoms with Gasteiger partial charge in [-0.3, -0.25) is 4.79 Å². The molecule has 2 rings (SSSR count). The van der Waals surface area contributed by atoms with E-state index in [0.717, 1.165) is 4.47 Å². The Hall–Kier alpha value is -1.41. The highest BCUT2D eigenvalue weighted by molar-refractivity contribution is 9.10. The standard InChI is InChI=1S/C10H10BrN5OS/c11-7-1-2-8(10(17)12-3-4-18)9(5-7)16-6-13-14-15-16/h1-2,5-6,18H,3-4H2,(H,12,17). The lowest BCUT2D eigenvalue weighted by atomic mass is 10.1. The van der Waals surface area contributed by atoms with Crippen LogP contribution in [0.2, 0.25) is 0 Å². The summed E-state index contributed by atoms with van der Waals surface area (Å²) in [7, 11) is 0. The number of carbonyl (C=O) groups is 1. The van der Waals surface area contributed by atoms with Crippen molar-refractivity contribution >= 4 is 34.5 Å². The van der Waals surface area contributed by atoms with E-state index in [1.54, 1.807) is 18.2 Å². The fourth-order valence-corrected chi connectivity index (χ4v) is 1.88. The molecule has 1 aromatic heterocycles. The van der Waals surface area contributed by atoms with Gasteiger partial charge in [-0.15, -0.1) is 5.10 Å². The minimum atomic E-state index is -0.179. The number of rotatable bonds is 4. The minimum Gasteiger partial charge on any atom is -0.351 e. The molecule has 6 nitrogen and oxygen atoms in total. The van der Waals surface area contributed by atoms with Gasteiger partial charge in [0.15, 0.2) is 0 Å². The molecule has 0 saturated heterocycles. The summed E-state index contributed by atoms with van der Waals surface area (Å²) in [5.74, 6) is 0.407. The first kappa shape index (κ1) is 13.0. The number of nitrogens with one attached hydrogen (secondary N) is 1. The van der Waals surface area contributed by atoms with Crippen molar-refractivity contribution in [2.24, 2.45) is 0 Å². The molecule has 0 fully saturated rings. The molecule has 18 heavy (non-hydrogen) atoms. The fraction of sp³-hybridized carbons (Fsp3) is 0.200. The Kier molecular flexibility index (Phi) is 4.32. The predicted molar refractivity (Wildman–Crippen MR) is 73.0 cm³/mol. The SMILES string of the molecule is O=C(NCCS)c1ccc(Br)cc1-n1cnnn1. The van der Waals surface area contributed by atoms with Gasteiger partial charge in [-0.25, -0.2) is 0 Å². The number of hydrogen-bond acceptors (Lipinski definition) is 5. The molecular formula is C10H10BrN5OS. The third kappa shape index (κ3) is 2.88. The van der Waals surface area contributed by atoms with Crippen molar-refractivity contribution in [1.29, 1.82) is 0 Å². The molecule has 2 aromatic rings. The lowest BCUT2D eigenvalue weighted by molar-refractivity contribution is 0.0956. The Balaban J connectivity index is 2.38. The average molecular weight is 328 g/mol. The van der Waals surface area contributed by atoms with Crippen molar-refractivity contribution in [2.45, 2.75) is 0 Å². The number of tetrazole rings is 1. The maximum Gasteiger partial charge on any atom is 0.253 e. The molecule has 0 unspecified atom stereocenters. The number of hydrogen-bond donors (Lipinski definition) is 2. The van der Waals surface area contributed by atoms with Crippen molar-refractivity contribution in [2.75, 3.05) is 12.3 Å². The molecule has 0 bridgehead atoms. The molecule has 0 aliphatic heterocycles. The van der Waals surface area contributed by atoms with Crippen LogP contribution in [0.4, 0.5) is 0 Å². The largest absolute Gasteiger partial charge is 0.351 e. The minimum absolute atomic E-state index is 0.179. The number of aromatic nitrogens is 4. The summed E-state index contributed by atoms with van der Waals surface area (Å²) in [4.78, 5) is 12.0. The van der Waals surface area contributed by atoms with Gasteiger partial charge in [-0.2, -0.15) is 17.3 Å². The smallest absolute Gasteiger partial charge is 0.253 e. The van der Waals surface area contributed by atoms with Crippen LogP contribution in [-0.4, -0.2) is 38.4 Å². The molecule has 0 aliphatic carbocycles. The van der Waals surface area contributed by atoms with E-state index >= 15 is 0 Å². The van der Waals surface area contributed by atoms with E-state index in [-0.39, 0.29) is 5.91 Å². The van der Waals surface area contributed by atoms with Gasteiger partial charge in [0, 0.05) is 16.8 Å². The van der Waals surface area contributed by atoms with Crippen molar-refractivity contribution in [3.05, 3.63) is 34.6 Å². The second-order valence-electron chi connectivity index (χ2n) is 3.40. The van der Waals surface area contributed by atoms with Crippen LogP contribution in [0.3, 0.4) is 0 Å². The lowest BCUT2D eigenvalue weighted by Gasteiger charge is -2.09. The Morgan fingerprint density at radius 2 is 2.33 bits per heavy atom. The molecule has 94 valence electrons. The van der Waals surface area contributed by atoms with Crippen LogP contribution < -0.4 is 5.32 Å². The molecule has 8 heteroatoms. The fourth-order valence-electron chi connectivity index (χ4n) is 1.42. The van der Waals surface area contributed by atoms with E-state index in [0.29, 0.717) is 23.5 Å². The quantitative estimate of drug-likeness (QED) is 0.824. The maximum atomic E-state index is 12.0. The Labute approximate surface area is 117 Å². The zero-order valence-corrected chi connectivity index (χ0v) is 11.7. The van der Waals surface area contributed by atoms with Gasteiger partial charge in [-0.1, -0.05) is 15.9 Å². The van der Waals surface area contributed by atoms with Crippen LogP contribution in [-0.2, 0) is 0 Å². The third-order valence-corrected chi connectivity index (χ3v) is 2.91. The maximum absolute atomic E-state index is 12.0. The topological polar surface area (TPSA) is 72.7 Å². The molecule has 0 aliphatic rings. The van der Waals surface area contributed by atoms with Gasteiger partial charge in [0.2, 0.25) is 0 Å². The van der Waals surface area contributed by atoms with Crippen LogP contribution in [0.1, 0.15) is 10.4 Å². The van der Waals surface area contributed by atoms with Crippen molar-refractivity contribution in [1.82, 2.24) is 25.5 Å². The van der Waals surface area contributed by atoms with Crippen molar-refractivity contribution < 1.29 is 4.79 Å². The summed E-state index contributed by atoms with van der Waals surface area (Å²) in [6.07, 6.45) is 1.44. The number of amides is 1. The highest BCUT2D eigenvalue weighted by atomic mass is 79.9. The Morgan fingerprint density at radius 3 is 3.00 bits per heavy atom. The number of benzene rings is 1. The highest BCUT2D eigenvalue weighted by Crippen LogP contribution is 2.19. The number of halogens is 1. The second kappa shape index (κ2) is 5.96. The summed E-state index contributed by atoms with van der Waals surface area (Å²) >= 11 is 7.41. The summed E-state index contributed by atoms with van der Waals surface area (Å²) in [6, 6.07) is 5.30. The third-order valence-electron chi connectivity index (χ3n) is 2.20. The van der Waals surface area contributed by atoms with Gasteiger partial charge < -0.3 is 5.32 Å². The van der Waals surface area contributed by atoms with E-state index in [4.69, 9.17) is 0 Å². The first-order valence-electron chi connectivity index (χ1n) is 5.14. The first-order chi connectivity index (χ1) is 8.72. The number of nitrogens with zero attached hydrogens (tertiary/aromatic N) is 4. The molecule has 1 heterocycles. The van der Waals surface area contributed by atoms with Gasteiger partial charge >= 0.3 is 0 Å². The molecule has 0 spiro atoms. The van der Waals surface area contributed by atoms with Crippen LogP contribution in [0.15, 0.2) is 29.0 Å². The van der Waals surface area contributed by atoms with Crippen LogP contribution in [0.5, 0.6) is 0 Å². The lowest BCUT2D eigenvalue weighted by Crippen LogP contribution is -2.26. The molecule has 0 radical (unpaired) electrons. The highest BCUT2D eigenvalue weighted by Gasteiger charge is 2.13. The van der Waals surface area contributed by atoms with Crippen molar-refractivity contribution in [3.63, 3.8) is 0 Å².